The zero-order valence-electron chi connectivity index (χ0n) is 8.97. The molecule has 1 atom stereocenters. The molecule has 0 heterocycles. The number of nitro groups is 1. The van der Waals surface area contributed by atoms with E-state index in [1.165, 1.54) is 19.2 Å². The van der Waals surface area contributed by atoms with Crippen LogP contribution in [0.25, 0.3) is 0 Å². The van der Waals surface area contributed by atoms with Crippen LogP contribution < -0.4 is 5.32 Å². The second kappa shape index (κ2) is 5.11. The minimum absolute atomic E-state index is 0.0711. The highest BCUT2D eigenvalue weighted by Gasteiger charge is 2.18. The Kier molecular flexibility index (Phi) is 3.82. The molecule has 1 rings (SSSR count). The average Bonchev–Trinajstić information content (AvgIpc) is 2.28. The van der Waals surface area contributed by atoms with Gasteiger partial charge in [0.2, 0.25) is 0 Å². The van der Waals surface area contributed by atoms with Gasteiger partial charge in [-0.25, -0.2) is 4.79 Å². The third-order valence-corrected chi connectivity index (χ3v) is 2.03. The van der Waals surface area contributed by atoms with Crippen molar-refractivity contribution in [2.45, 2.75) is 13.0 Å². The number of nitro benzene ring substituents is 1. The number of anilines is 1. The van der Waals surface area contributed by atoms with Gasteiger partial charge in [-0.3, -0.25) is 10.1 Å². The highest BCUT2D eigenvalue weighted by Crippen LogP contribution is 2.23. The number of carbonyl (C=O) groups excluding carboxylic acids is 1. The first-order valence-corrected chi connectivity index (χ1v) is 4.64. The van der Waals surface area contributed by atoms with Gasteiger partial charge in [0.15, 0.2) is 0 Å². The fourth-order valence-electron chi connectivity index (χ4n) is 1.22. The minimum Gasteiger partial charge on any atom is -0.467 e. The summed E-state index contributed by atoms with van der Waals surface area (Å²) < 4.78 is 4.51. The van der Waals surface area contributed by atoms with Gasteiger partial charge in [-0.1, -0.05) is 12.1 Å². The van der Waals surface area contributed by atoms with Crippen molar-refractivity contribution in [1.29, 1.82) is 0 Å². The Bertz CT molecular complexity index is 406. The van der Waals surface area contributed by atoms with Gasteiger partial charge in [-0.2, -0.15) is 0 Å². The second-order valence-electron chi connectivity index (χ2n) is 3.16. The SMILES string of the molecule is COC(=O)[C@@H](C)Nc1ccccc1[N+](=O)[O-]. The average molecular weight is 224 g/mol. The fraction of sp³-hybridized carbons (Fsp3) is 0.300. The number of hydrogen-bond donors (Lipinski definition) is 1. The van der Waals surface area contributed by atoms with E-state index in [1.807, 2.05) is 0 Å². The lowest BCUT2D eigenvalue weighted by Gasteiger charge is -2.12. The molecule has 86 valence electrons. The van der Waals surface area contributed by atoms with E-state index in [-0.39, 0.29) is 5.69 Å². The van der Waals surface area contributed by atoms with E-state index in [2.05, 4.69) is 10.1 Å². The van der Waals surface area contributed by atoms with Crippen LogP contribution in [0.1, 0.15) is 6.92 Å². The molecule has 0 aromatic heterocycles. The number of hydrogen-bond acceptors (Lipinski definition) is 5. The summed E-state index contributed by atoms with van der Waals surface area (Å²) in [7, 11) is 1.26. The summed E-state index contributed by atoms with van der Waals surface area (Å²) >= 11 is 0. The van der Waals surface area contributed by atoms with Crippen LogP contribution in [0.2, 0.25) is 0 Å². The zero-order valence-corrected chi connectivity index (χ0v) is 8.97. The van der Waals surface area contributed by atoms with Crippen LogP contribution in [-0.4, -0.2) is 24.0 Å². The minimum atomic E-state index is -0.633. The maximum Gasteiger partial charge on any atom is 0.327 e. The van der Waals surface area contributed by atoms with Crippen LogP contribution in [0.3, 0.4) is 0 Å². The Morgan fingerprint density at radius 3 is 2.69 bits per heavy atom. The standard InChI is InChI=1S/C10H12N2O4/c1-7(10(13)16-2)11-8-5-3-4-6-9(8)12(14)15/h3-7,11H,1-2H3/t7-/m1/s1. The summed E-state index contributed by atoms with van der Waals surface area (Å²) in [6.07, 6.45) is 0. The number of para-hydroxylation sites is 2. The van der Waals surface area contributed by atoms with Crippen molar-refractivity contribution in [3.05, 3.63) is 34.4 Å². The summed E-state index contributed by atoms with van der Waals surface area (Å²) in [5, 5.41) is 13.4. The zero-order chi connectivity index (χ0) is 12.1. The Balaban J connectivity index is 2.88. The molecule has 0 radical (unpaired) electrons. The lowest BCUT2D eigenvalue weighted by atomic mass is 10.2. The molecular weight excluding hydrogens is 212 g/mol. The van der Waals surface area contributed by atoms with Crippen LogP contribution in [0, 0.1) is 10.1 Å². The van der Waals surface area contributed by atoms with Crippen molar-refractivity contribution < 1.29 is 14.5 Å². The van der Waals surface area contributed by atoms with E-state index in [0.717, 1.165) is 0 Å². The summed E-state index contributed by atoms with van der Waals surface area (Å²) in [6, 6.07) is 5.49. The number of esters is 1. The van der Waals surface area contributed by atoms with Crippen molar-refractivity contribution in [3.63, 3.8) is 0 Å². The fourth-order valence-corrected chi connectivity index (χ4v) is 1.22. The van der Waals surface area contributed by atoms with E-state index in [1.54, 1.807) is 19.1 Å². The largest absolute Gasteiger partial charge is 0.467 e. The van der Waals surface area contributed by atoms with Gasteiger partial charge >= 0.3 is 5.97 Å². The number of ether oxygens (including phenoxy) is 1. The smallest absolute Gasteiger partial charge is 0.327 e. The van der Waals surface area contributed by atoms with E-state index in [4.69, 9.17) is 0 Å². The van der Waals surface area contributed by atoms with Crippen molar-refractivity contribution in [2.24, 2.45) is 0 Å². The maximum absolute atomic E-state index is 11.1. The van der Waals surface area contributed by atoms with Crippen LogP contribution in [0.5, 0.6) is 0 Å². The normalized spacial score (nSPS) is 11.6. The molecule has 1 aromatic rings. The van der Waals surface area contributed by atoms with Crippen molar-refractivity contribution >= 4 is 17.3 Å². The highest BCUT2D eigenvalue weighted by atomic mass is 16.6. The third-order valence-electron chi connectivity index (χ3n) is 2.03. The first kappa shape index (κ1) is 12.0. The Morgan fingerprint density at radius 1 is 1.50 bits per heavy atom. The van der Waals surface area contributed by atoms with Gasteiger partial charge in [0.1, 0.15) is 11.7 Å². The number of methoxy groups -OCH3 is 1. The van der Waals surface area contributed by atoms with Gasteiger partial charge in [0, 0.05) is 6.07 Å². The predicted octanol–water partition coefficient (Wildman–Crippen LogP) is 1.57. The molecule has 6 nitrogen and oxygen atoms in total. The molecular formula is C10H12N2O4. The molecule has 16 heavy (non-hydrogen) atoms. The van der Waals surface area contributed by atoms with Crippen LogP contribution >= 0.6 is 0 Å². The molecule has 1 aromatic carbocycles. The molecule has 0 fully saturated rings. The van der Waals surface area contributed by atoms with Crippen LogP contribution in [0.4, 0.5) is 11.4 Å². The molecule has 0 aliphatic rings. The molecule has 0 aliphatic heterocycles. The molecule has 1 N–H and O–H groups in total. The summed E-state index contributed by atoms with van der Waals surface area (Å²) in [6.45, 7) is 1.57. The van der Waals surface area contributed by atoms with Gasteiger partial charge in [-0.05, 0) is 13.0 Å². The summed E-state index contributed by atoms with van der Waals surface area (Å²) in [5.74, 6) is -0.474. The van der Waals surface area contributed by atoms with Crippen LogP contribution in [0.15, 0.2) is 24.3 Å². The second-order valence-corrected chi connectivity index (χ2v) is 3.16. The van der Waals surface area contributed by atoms with Crippen molar-refractivity contribution in [2.75, 3.05) is 12.4 Å². The molecule has 6 heteroatoms. The third kappa shape index (κ3) is 2.69. The van der Waals surface area contributed by atoms with Gasteiger partial charge in [0.05, 0.1) is 12.0 Å². The first-order valence-electron chi connectivity index (χ1n) is 4.64. The monoisotopic (exact) mass is 224 g/mol. The van der Waals surface area contributed by atoms with Crippen LogP contribution in [-0.2, 0) is 9.53 Å². The number of carbonyl (C=O) groups is 1. The predicted molar refractivity (Wildman–Crippen MR) is 58.2 cm³/mol. The number of nitrogens with one attached hydrogen (secondary N) is 1. The molecule has 0 saturated heterocycles. The lowest BCUT2D eigenvalue weighted by Crippen LogP contribution is -2.27. The van der Waals surface area contributed by atoms with E-state index in [0.29, 0.717) is 5.69 Å². The van der Waals surface area contributed by atoms with E-state index in [9.17, 15) is 14.9 Å². The van der Waals surface area contributed by atoms with Crippen molar-refractivity contribution in [1.82, 2.24) is 0 Å². The number of rotatable bonds is 4. The van der Waals surface area contributed by atoms with Crippen molar-refractivity contribution in [3.8, 4) is 0 Å². The highest BCUT2D eigenvalue weighted by molar-refractivity contribution is 5.80. The van der Waals surface area contributed by atoms with E-state index < -0.39 is 16.9 Å². The molecule has 0 amide bonds. The molecule has 0 bridgehead atoms. The number of nitrogens with zero attached hydrogens (tertiary/aromatic N) is 1. The quantitative estimate of drug-likeness (QED) is 0.477. The Labute approximate surface area is 92.4 Å². The molecule has 0 unspecified atom stereocenters. The Morgan fingerprint density at radius 2 is 2.12 bits per heavy atom. The number of benzene rings is 1. The Hall–Kier alpha value is -2.11. The maximum atomic E-state index is 11.1. The first-order chi connectivity index (χ1) is 7.56. The lowest BCUT2D eigenvalue weighted by molar-refractivity contribution is -0.384. The summed E-state index contributed by atoms with van der Waals surface area (Å²) in [4.78, 5) is 21.3. The summed E-state index contributed by atoms with van der Waals surface area (Å²) in [5.41, 5.74) is 0.226. The van der Waals surface area contributed by atoms with Gasteiger partial charge < -0.3 is 10.1 Å². The molecule has 0 saturated carbocycles. The van der Waals surface area contributed by atoms with Gasteiger partial charge in [0.25, 0.3) is 5.69 Å². The van der Waals surface area contributed by atoms with E-state index >= 15 is 0 Å². The van der Waals surface area contributed by atoms with Gasteiger partial charge in [-0.15, -0.1) is 0 Å². The molecule has 0 aliphatic carbocycles. The molecule has 0 spiro atoms. The topological polar surface area (TPSA) is 81.5 Å².